The Kier molecular flexibility index (Phi) is 6.67. The highest BCUT2D eigenvalue weighted by atomic mass is 16.5. The van der Waals surface area contributed by atoms with Crippen molar-refractivity contribution in [3.63, 3.8) is 0 Å². The van der Waals surface area contributed by atoms with Crippen molar-refractivity contribution in [3.8, 4) is 11.4 Å². The van der Waals surface area contributed by atoms with Crippen LogP contribution in [-0.4, -0.2) is 58.0 Å². The van der Waals surface area contributed by atoms with Crippen LogP contribution in [0, 0.1) is 0 Å². The zero-order valence-electron chi connectivity index (χ0n) is 16.7. The van der Waals surface area contributed by atoms with Gasteiger partial charge in [-0.05, 0) is 50.5 Å². The number of nitrogens with zero attached hydrogens (tertiary/aromatic N) is 4. The van der Waals surface area contributed by atoms with Crippen LogP contribution in [0.4, 0.5) is 5.82 Å². The van der Waals surface area contributed by atoms with Crippen LogP contribution < -0.4 is 10.4 Å². The van der Waals surface area contributed by atoms with E-state index >= 15 is 0 Å². The van der Waals surface area contributed by atoms with Crippen molar-refractivity contribution in [2.45, 2.75) is 27.3 Å². The quantitative estimate of drug-likeness (QED) is 0.433. The van der Waals surface area contributed by atoms with Crippen molar-refractivity contribution in [3.05, 3.63) is 36.5 Å². The second-order valence-electron chi connectivity index (χ2n) is 6.48. The molecule has 1 aromatic carbocycles. The normalized spacial score (nSPS) is 11.2. The highest BCUT2D eigenvalue weighted by Gasteiger charge is 2.17. The molecule has 8 heteroatoms. The first-order chi connectivity index (χ1) is 13.6. The number of pyridine rings is 1. The fraction of sp³-hybridized carbons (Fsp3) is 0.400. The van der Waals surface area contributed by atoms with E-state index in [1.165, 1.54) is 0 Å². The third-order valence-corrected chi connectivity index (χ3v) is 4.83. The molecule has 0 bridgehead atoms. The van der Waals surface area contributed by atoms with Crippen LogP contribution in [0.2, 0.25) is 0 Å². The Bertz CT molecular complexity index is 908. The fourth-order valence-corrected chi connectivity index (χ4v) is 3.31. The van der Waals surface area contributed by atoms with Crippen LogP contribution in [0.3, 0.4) is 0 Å². The maximum atomic E-state index is 9.47. The van der Waals surface area contributed by atoms with Gasteiger partial charge in [-0.2, -0.15) is 0 Å². The average molecular weight is 382 g/mol. The van der Waals surface area contributed by atoms with Crippen molar-refractivity contribution >= 4 is 29.4 Å². The molecule has 2 N–H and O–H groups in total. The Morgan fingerprint density at radius 3 is 2.50 bits per heavy atom. The lowest BCUT2D eigenvalue weighted by Gasteiger charge is -2.19. The minimum Gasteiger partial charge on any atom is -0.423 e. The van der Waals surface area contributed by atoms with E-state index in [1.807, 2.05) is 31.3 Å². The van der Waals surface area contributed by atoms with Crippen molar-refractivity contribution in [1.82, 2.24) is 14.5 Å². The molecule has 2 heterocycles. The Morgan fingerprint density at radius 1 is 1.11 bits per heavy atom. The van der Waals surface area contributed by atoms with Crippen molar-refractivity contribution in [2.24, 2.45) is 0 Å². The van der Waals surface area contributed by atoms with Crippen molar-refractivity contribution < 1.29 is 14.8 Å². The van der Waals surface area contributed by atoms with Gasteiger partial charge in [-0.25, -0.2) is 9.97 Å². The first-order valence-corrected chi connectivity index (χ1v) is 9.74. The smallest absolute Gasteiger partial charge is 0.423 e. The standard InChI is InChI=1S/C20H27BN4O3/c1-4-24(5-2)19-10-7-15(14-22-19)20-23-17-13-16(21(26)27)8-9-18(17)25(20)11-12-28-6-3/h7-10,13-14,26-27H,4-6,11-12H2,1-3H3. The summed E-state index contributed by atoms with van der Waals surface area (Å²) in [5.41, 5.74) is 2.97. The molecule has 0 unspecified atom stereocenters. The SMILES string of the molecule is CCOCCn1c(-c2ccc(N(CC)CC)nc2)nc2cc(B(O)O)ccc21. The Labute approximate surface area is 165 Å². The maximum absolute atomic E-state index is 9.47. The van der Waals surface area contributed by atoms with E-state index in [4.69, 9.17) is 9.72 Å². The molecule has 0 amide bonds. The summed E-state index contributed by atoms with van der Waals surface area (Å²) in [6.45, 7) is 9.88. The molecule has 3 aromatic rings. The van der Waals surface area contributed by atoms with Gasteiger partial charge in [0.1, 0.15) is 11.6 Å². The Morgan fingerprint density at radius 2 is 1.89 bits per heavy atom. The van der Waals surface area contributed by atoms with Crippen LogP contribution in [0.25, 0.3) is 22.4 Å². The number of hydrogen-bond acceptors (Lipinski definition) is 6. The van der Waals surface area contributed by atoms with Crippen molar-refractivity contribution in [2.75, 3.05) is 31.2 Å². The molecule has 148 valence electrons. The summed E-state index contributed by atoms with van der Waals surface area (Å²) >= 11 is 0. The molecule has 2 aromatic heterocycles. The lowest BCUT2D eigenvalue weighted by Crippen LogP contribution is -2.29. The summed E-state index contributed by atoms with van der Waals surface area (Å²) < 4.78 is 7.63. The van der Waals surface area contributed by atoms with Gasteiger partial charge in [-0.3, -0.25) is 0 Å². The molecule has 0 spiro atoms. The van der Waals surface area contributed by atoms with E-state index in [0.29, 0.717) is 30.7 Å². The summed E-state index contributed by atoms with van der Waals surface area (Å²) in [5.74, 6) is 1.73. The van der Waals surface area contributed by atoms with E-state index in [1.54, 1.807) is 12.1 Å². The molecule has 0 radical (unpaired) electrons. The van der Waals surface area contributed by atoms with Gasteiger partial charge in [0.25, 0.3) is 0 Å². The molecule has 0 saturated heterocycles. The zero-order chi connectivity index (χ0) is 20.1. The van der Waals surface area contributed by atoms with Crippen molar-refractivity contribution in [1.29, 1.82) is 0 Å². The molecule has 0 saturated carbocycles. The Hall–Kier alpha value is -2.42. The molecule has 28 heavy (non-hydrogen) atoms. The molecule has 0 fully saturated rings. The maximum Gasteiger partial charge on any atom is 0.488 e. The second-order valence-corrected chi connectivity index (χ2v) is 6.48. The van der Waals surface area contributed by atoms with Gasteiger partial charge >= 0.3 is 7.12 Å². The lowest BCUT2D eigenvalue weighted by atomic mass is 9.80. The van der Waals surface area contributed by atoms with Crippen LogP contribution in [0.15, 0.2) is 36.5 Å². The van der Waals surface area contributed by atoms with Gasteiger partial charge in [0.2, 0.25) is 0 Å². The minimum absolute atomic E-state index is 0.420. The summed E-state index contributed by atoms with van der Waals surface area (Å²) in [7, 11) is -1.52. The fourth-order valence-electron chi connectivity index (χ4n) is 3.31. The van der Waals surface area contributed by atoms with E-state index < -0.39 is 7.12 Å². The summed E-state index contributed by atoms with van der Waals surface area (Å²) in [4.78, 5) is 11.6. The molecule has 3 rings (SSSR count). The highest BCUT2D eigenvalue weighted by Crippen LogP contribution is 2.25. The van der Waals surface area contributed by atoms with Gasteiger partial charge in [-0.1, -0.05) is 6.07 Å². The molecular formula is C20H27BN4O3. The van der Waals surface area contributed by atoms with Crippen LogP contribution in [0.1, 0.15) is 20.8 Å². The molecule has 0 aliphatic carbocycles. The van der Waals surface area contributed by atoms with Gasteiger partial charge in [0.15, 0.2) is 0 Å². The number of fused-ring (bicyclic) bond motifs is 1. The van der Waals surface area contributed by atoms with E-state index in [0.717, 1.165) is 35.8 Å². The monoisotopic (exact) mass is 382 g/mol. The van der Waals surface area contributed by atoms with E-state index in [-0.39, 0.29) is 0 Å². The third-order valence-electron chi connectivity index (χ3n) is 4.83. The van der Waals surface area contributed by atoms with Crippen LogP contribution in [0.5, 0.6) is 0 Å². The molecule has 0 atom stereocenters. The summed E-state index contributed by atoms with van der Waals surface area (Å²) in [6.07, 6.45) is 1.84. The largest absolute Gasteiger partial charge is 0.488 e. The summed E-state index contributed by atoms with van der Waals surface area (Å²) in [5, 5.41) is 18.9. The zero-order valence-corrected chi connectivity index (χ0v) is 16.7. The number of imidazole rings is 1. The van der Waals surface area contributed by atoms with Gasteiger partial charge in [-0.15, -0.1) is 0 Å². The molecule has 0 aliphatic heterocycles. The van der Waals surface area contributed by atoms with E-state index in [9.17, 15) is 10.0 Å². The third kappa shape index (κ3) is 4.19. The Balaban J connectivity index is 2.03. The highest BCUT2D eigenvalue weighted by molar-refractivity contribution is 6.58. The second kappa shape index (κ2) is 9.19. The number of anilines is 1. The van der Waals surface area contributed by atoms with Crippen LogP contribution in [-0.2, 0) is 11.3 Å². The predicted octanol–water partition coefficient (Wildman–Crippen LogP) is 1.66. The average Bonchev–Trinajstić information content (AvgIpc) is 3.07. The van der Waals surface area contributed by atoms with Crippen LogP contribution >= 0.6 is 0 Å². The topological polar surface area (TPSA) is 83.6 Å². The number of aromatic nitrogens is 3. The summed E-state index contributed by atoms with van der Waals surface area (Å²) in [6, 6.07) is 9.32. The number of rotatable bonds is 9. The van der Waals surface area contributed by atoms with E-state index in [2.05, 4.69) is 28.3 Å². The minimum atomic E-state index is -1.52. The number of ether oxygens (including phenoxy) is 1. The van der Waals surface area contributed by atoms with Gasteiger partial charge in [0.05, 0.1) is 17.6 Å². The molecule has 7 nitrogen and oxygen atoms in total. The number of benzene rings is 1. The first-order valence-electron chi connectivity index (χ1n) is 9.74. The number of hydrogen-bond donors (Lipinski definition) is 2. The van der Waals surface area contributed by atoms with Gasteiger partial charge in [0, 0.05) is 38.0 Å². The molecule has 0 aliphatic rings. The van der Waals surface area contributed by atoms with Gasteiger partial charge < -0.3 is 24.3 Å². The molecular weight excluding hydrogens is 355 g/mol. The predicted molar refractivity (Wildman–Crippen MR) is 113 cm³/mol. The first kappa shape index (κ1) is 20.3. The lowest BCUT2D eigenvalue weighted by molar-refractivity contribution is 0.140.